The number of hydrogen-bond acceptors (Lipinski definition) is 4. The van der Waals surface area contributed by atoms with Gasteiger partial charge in [-0.15, -0.1) is 0 Å². The largest absolute Gasteiger partial charge is 0.264 e. The van der Waals surface area contributed by atoms with E-state index < -0.39 is 16.2 Å². The molecule has 37 heavy (non-hydrogen) atoms. The Bertz CT molecular complexity index is 1540. The highest BCUT2D eigenvalue weighted by Crippen LogP contribution is 2.31. The maximum atomic E-state index is 12.1. The molecule has 0 aliphatic heterocycles. The molecule has 6 heteroatoms. The molecular formula is C31H32ClNO3S. The molecule has 1 heterocycles. The highest BCUT2D eigenvalue weighted by molar-refractivity contribution is 7.86. The van der Waals surface area contributed by atoms with Gasteiger partial charge >= 0.3 is 0 Å². The molecule has 0 bridgehead atoms. The van der Waals surface area contributed by atoms with Gasteiger partial charge < -0.3 is 0 Å². The minimum atomic E-state index is -3.65. The van der Waals surface area contributed by atoms with E-state index in [9.17, 15) is 8.42 Å². The molecule has 4 rings (SSSR count). The van der Waals surface area contributed by atoms with E-state index in [4.69, 9.17) is 15.8 Å². The summed E-state index contributed by atoms with van der Waals surface area (Å²) >= 11 is 6.12. The van der Waals surface area contributed by atoms with Gasteiger partial charge in [0.1, 0.15) is 6.10 Å². The lowest BCUT2D eigenvalue weighted by molar-refractivity contribution is 0.205. The summed E-state index contributed by atoms with van der Waals surface area (Å²) in [5, 5.41) is 1.67. The normalized spacial score (nSPS) is 13.3. The van der Waals surface area contributed by atoms with Crippen LogP contribution < -0.4 is 0 Å². The van der Waals surface area contributed by atoms with Crippen LogP contribution in [0.3, 0.4) is 0 Å². The number of aryl methyl sites for hydroxylation is 1. The van der Waals surface area contributed by atoms with E-state index in [1.54, 1.807) is 0 Å². The van der Waals surface area contributed by atoms with E-state index in [1.165, 1.54) is 11.1 Å². The minimum absolute atomic E-state index is 0.00335. The van der Waals surface area contributed by atoms with Gasteiger partial charge in [0, 0.05) is 10.4 Å². The van der Waals surface area contributed by atoms with Crippen LogP contribution in [0.4, 0.5) is 0 Å². The van der Waals surface area contributed by atoms with Gasteiger partial charge in [-0.3, -0.25) is 4.18 Å². The number of hydrogen-bond donors (Lipinski definition) is 0. The standard InChI is InChI=1S/C31H32ClNO3S/c1-31(2,3)28-11-6-5-9-23(28)15-19-30(36-37(4,34)35)25-10-7-8-22(20-25)12-17-27-18-14-24-13-16-26(32)21-29(24)33-27/h5-14,16-18,20-21,30H,15,19H2,1-4H3/b17-12+/t30-/m0/s1. The third kappa shape index (κ3) is 7.51. The fourth-order valence-electron chi connectivity index (χ4n) is 4.48. The quantitative estimate of drug-likeness (QED) is 0.215. The van der Waals surface area contributed by atoms with Crippen molar-refractivity contribution in [1.29, 1.82) is 0 Å². The molecule has 1 atom stereocenters. The van der Waals surface area contributed by atoms with Crippen molar-refractivity contribution in [3.8, 4) is 0 Å². The molecule has 1 aromatic heterocycles. The SMILES string of the molecule is CC(C)(C)c1ccccc1CC[C@H](OS(C)(=O)=O)c1cccc(/C=C/c2ccc3ccc(Cl)cc3n2)c1. The van der Waals surface area contributed by atoms with Gasteiger partial charge in [-0.1, -0.05) is 93.0 Å². The van der Waals surface area contributed by atoms with Crippen molar-refractivity contribution in [2.45, 2.75) is 45.1 Å². The van der Waals surface area contributed by atoms with Crippen LogP contribution in [0.25, 0.3) is 23.1 Å². The summed E-state index contributed by atoms with van der Waals surface area (Å²) in [6.45, 7) is 6.56. The summed E-state index contributed by atoms with van der Waals surface area (Å²) in [4.78, 5) is 4.67. The fraction of sp³-hybridized carbons (Fsp3) is 0.258. The predicted octanol–water partition coefficient (Wildman–Crippen LogP) is 8.01. The lowest BCUT2D eigenvalue weighted by Crippen LogP contribution is -2.16. The summed E-state index contributed by atoms with van der Waals surface area (Å²) in [6.07, 6.45) is 5.67. The Labute approximate surface area is 225 Å². The lowest BCUT2D eigenvalue weighted by Gasteiger charge is -2.24. The van der Waals surface area contributed by atoms with Crippen LogP contribution in [-0.2, 0) is 26.1 Å². The Hall–Kier alpha value is -2.99. The van der Waals surface area contributed by atoms with E-state index in [2.05, 4.69) is 37.9 Å². The maximum Gasteiger partial charge on any atom is 0.264 e. The number of pyridine rings is 1. The van der Waals surface area contributed by atoms with E-state index in [-0.39, 0.29) is 5.41 Å². The molecule has 4 nitrogen and oxygen atoms in total. The third-order valence-electron chi connectivity index (χ3n) is 6.20. The fourth-order valence-corrected chi connectivity index (χ4v) is 5.28. The lowest BCUT2D eigenvalue weighted by atomic mass is 9.82. The number of nitrogens with zero attached hydrogens (tertiary/aromatic N) is 1. The number of rotatable bonds is 8. The van der Waals surface area contributed by atoms with Crippen LogP contribution in [0.5, 0.6) is 0 Å². The zero-order valence-corrected chi connectivity index (χ0v) is 23.2. The van der Waals surface area contributed by atoms with E-state index >= 15 is 0 Å². The average molecular weight is 534 g/mol. The van der Waals surface area contributed by atoms with Gasteiger partial charge in [-0.2, -0.15) is 8.42 Å². The second kappa shape index (κ2) is 11.2. The van der Waals surface area contributed by atoms with Gasteiger partial charge in [0.25, 0.3) is 10.1 Å². The Balaban J connectivity index is 1.58. The zero-order valence-electron chi connectivity index (χ0n) is 21.6. The maximum absolute atomic E-state index is 12.1. The van der Waals surface area contributed by atoms with Crippen LogP contribution in [0.1, 0.15) is 61.2 Å². The van der Waals surface area contributed by atoms with Crippen LogP contribution in [0, 0.1) is 0 Å². The molecule has 3 aromatic carbocycles. The summed E-state index contributed by atoms with van der Waals surface area (Å²) < 4.78 is 29.8. The molecule has 0 aliphatic rings. The smallest absolute Gasteiger partial charge is 0.262 e. The number of benzene rings is 3. The molecule has 0 amide bonds. The number of aromatic nitrogens is 1. The molecule has 0 saturated carbocycles. The molecule has 0 spiro atoms. The molecule has 4 aromatic rings. The first-order chi connectivity index (χ1) is 17.5. The van der Waals surface area contributed by atoms with Crippen molar-refractivity contribution < 1.29 is 12.6 Å². The average Bonchev–Trinajstić information content (AvgIpc) is 2.84. The predicted molar refractivity (Wildman–Crippen MR) is 154 cm³/mol. The molecule has 0 saturated heterocycles. The third-order valence-corrected chi connectivity index (χ3v) is 7.01. The van der Waals surface area contributed by atoms with Crippen molar-refractivity contribution in [2.75, 3.05) is 6.26 Å². The number of fused-ring (bicyclic) bond motifs is 1. The Morgan fingerprint density at radius 2 is 1.70 bits per heavy atom. The van der Waals surface area contributed by atoms with E-state index in [0.717, 1.165) is 34.0 Å². The van der Waals surface area contributed by atoms with Crippen LogP contribution in [-0.4, -0.2) is 19.7 Å². The second-order valence-corrected chi connectivity index (χ2v) is 12.3. The van der Waals surface area contributed by atoms with Crippen molar-refractivity contribution in [3.05, 3.63) is 112 Å². The summed E-state index contributed by atoms with van der Waals surface area (Å²) in [5.74, 6) is 0. The first-order valence-electron chi connectivity index (χ1n) is 12.3. The van der Waals surface area contributed by atoms with Crippen LogP contribution in [0.2, 0.25) is 5.02 Å². The molecule has 0 N–H and O–H groups in total. The Morgan fingerprint density at radius 1 is 0.946 bits per heavy atom. The monoisotopic (exact) mass is 533 g/mol. The minimum Gasteiger partial charge on any atom is -0.262 e. The molecule has 0 unspecified atom stereocenters. The van der Waals surface area contributed by atoms with Gasteiger partial charge in [-0.05, 0) is 70.9 Å². The molecule has 192 valence electrons. The van der Waals surface area contributed by atoms with Crippen molar-refractivity contribution >= 4 is 44.8 Å². The topological polar surface area (TPSA) is 56.3 Å². The summed E-state index contributed by atoms with van der Waals surface area (Å²) in [7, 11) is -3.65. The number of halogens is 1. The second-order valence-electron chi connectivity index (χ2n) is 10.3. The first-order valence-corrected chi connectivity index (χ1v) is 14.5. The highest BCUT2D eigenvalue weighted by atomic mass is 35.5. The molecule has 0 radical (unpaired) electrons. The van der Waals surface area contributed by atoms with Crippen molar-refractivity contribution in [2.24, 2.45) is 0 Å². The first kappa shape index (κ1) is 27.1. The Morgan fingerprint density at radius 3 is 2.46 bits per heavy atom. The summed E-state index contributed by atoms with van der Waals surface area (Å²) in [5.41, 5.74) is 5.85. The molecular weight excluding hydrogens is 502 g/mol. The summed E-state index contributed by atoms with van der Waals surface area (Å²) in [6, 6.07) is 25.7. The highest BCUT2D eigenvalue weighted by Gasteiger charge is 2.21. The van der Waals surface area contributed by atoms with Crippen molar-refractivity contribution in [1.82, 2.24) is 4.98 Å². The Kier molecular flexibility index (Phi) is 8.17. The van der Waals surface area contributed by atoms with Gasteiger partial charge in [0.05, 0.1) is 17.5 Å². The molecule has 0 fully saturated rings. The van der Waals surface area contributed by atoms with Gasteiger partial charge in [0.2, 0.25) is 0 Å². The van der Waals surface area contributed by atoms with Crippen LogP contribution in [0.15, 0.2) is 78.9 Å². The van der Waals surface area contributed by atoms with E-state index in [1.807, 2.05) is 78.9 Å². The van der Waals surface area contributed by atoms with Gasteiger partial charge in [-0.25, -0.2) is 4.98 Å². The zero-order chi connectivity index (χ0) is 26.6. The van der Waals surface area contributed by atoms with E-state index in [0.29, 0.717) is 17.9 Å². The van der Waals surface area contributed by atoms with Crippen molar-refractivity contribution in [3.63, 3.8) is 0 Å². The van der Waals surface area contributed by atoms with Gasteiger partial charge in [0.15, 0.2) is 0 Å². The molecule has 0 aliphatic carbocycles. The van der Waals surface area contributed by atoms with Crippen LogP contribution >= 0.6 is 11.6 Å².